The van der Waals surface area contributed by atoms with E-state index in [9.17, 15) is 9.59 Å². The predicted molar refractivity (Wildman–Crippen MR) is 111 cm³/mol. The van der Waals surface area contributed by atoms with Gasteiger partial charge in [-0.15, -0.1) is 0 Å². The maximum atomic E-state index is 13.0. The number of para-hydroxylation sites is 3. The molecule has 1 N–H and O–H groups in total. The highest BCUT2D eigenvalue weighted by atomic mass is 16.5. The molecule has 0 saturated heterocycles. The molecular weight excluding hydrogens is 366 g/mol. The molecule has 6 nitrogen and oxygen atoms in total. The molecule has 0 spiro atoms. The first-order valence-corrected chi connectivity index (χ1v) is 9.00. The van der Waals surface area contributed by atoms with Gasteiger partial charge < -0.3 is 10.1 Å². The van der Waals surface area contributed by atoms with Crippen LogP contribution in [0.25, 0.3) is 5.69 Å². The fourth-order valence-electron chi connectivity index (χ4n) is 2.76. The Balaban J connectivity index is 1.78. The number of hydrogen-bond acceptors (Lipinski definition) is 4. The van der Waals surface area contributed by atoms with Crippen LogP contribution in [0.4, 0.5) is 5.69 Å². The van der Waals surface area contributed by atoms with Crippen molar-refractivity contribution < 1.29 is 9.53 Å². The van der Waals surface area contributed by atoms with E-state index in [0.29, 0.717) is 17.1 Å². The smallest absolute Gasteiger partial charge is 0.280 e. The standard InChI is InChI=1S/C23H17N3O3/c27-21-16-20(29-19-14-8-3-9-15-19)22(23(28)24-17-10-4-1-5-11-17)25-26(21)18-12-6-2-7-13-18/h1-16H,(H,24,28). The second-order valence-electron chi connectivity index (χ2n) is 6.18. The molecule has 3 aromatic carbocycles. The van der Waals surface area contributed by atoms with Gasteiger partial charge in [0.25, 0.3) is 11.5 Å². The first-order valence-electron chi connectivity index (χ1n) is 9.00. The van der Waals surface area contributed by atoms with Gasteiger partial charge in [-0.25, -0.2) is 0 Å². The molecule has 0 fully saturated rings. The Bertz CT molecular complexity index is 1170. The number of amides is 1. The normalized spacial score (nSPS) is 10.3. The number of rotatable bonds is 5. The highest BCUT2D eigenvalue weighted by Gasteiger charge is 2.19. The maximum Gasteiger partial charge on any atom is 0.280 e. The van der Waals surface area contributed by atoms with E-state index in [-0.39, 0.29) is 11.4 Å². The van der Waals surface area contributed by atoms with E-state index in [1.807, 2.05) is 30.3 Å². The lowest BCUT2D eigenvalue weighted by molar-refractivity contribution is 0.101. The number of aromatic nitrogens is 2. The zero-order chi connectivity index (χ0) is 20.1. The van der Waals surface area contributed by atoms with Gasteiger partial charge in [-0.1, -0.05) is 54.6 Å². The monoisotopic (exact) mass is 383 g/mol. The number of nitrogens with one attached hydrogen (secondary N) is 1. The molecule has 1 amide bonds. The lowest BCUT2D eigenvalue weighted by atomic mass is 10.2. The highest BCUT2D eigenvalue weighted by Crippen LogP contribution is 2.24. The highest BCUT2D eigenvalue weighted by molar-refractivity contribution is 6.04. The molecule has 0 atom stereocenters. The van der Waals surface area contributed by atoms with E-state index in [1.165, 1.54) is 10.7 Å². The molecule has 1 aromatic heterocycles. The van der Waals surface area contributed by atoms with Gasteiger partial charge in [0, 0.05) is 5.69 Å². The number of nitrogens with zero attached hydrogens (tertiary/aromatic N) is 2. The lowest BCUT2D eigenvalue weighted by Crippen LogP contribution is -2.26. The summed E-state index contributed by atoms with van der Waals surface area (Å²) >= 11 is 0. The van der Waals surface area contributed by atoms with Crippen molar-refractivity contribution in [2.45, 2.75) is 0 Å². The maximum absolute atomic E-state index is 13.0. The molecule has 29 heavy (non-hydrogen) atoms. The average molecular weight is 383 g/mol. The molecule has 0 unspecified atom stereocenters. The van der Waals surface area contributed by atoms with Crippen LogP contribution in [0.3, 0.4) is 0 Å². The number of anilines is 1. The largest absolute Gasteiger partial charge is 0.455 e. The van der Waals surface area contributed by atoms with E-state index in [4.69, 9.17) is 4.74 Å². The summed E-state index contributed by atoms with van der Waals surface area (Å²) in [6, 6.07) is 28.1. The van der Waals surface area contributed by atoms with Crippen LogP contribution >= 0.6 is 0 Å². The van der Waals surface area contributed by atoms with Gasteiger partial charge in [0.15, 0.2) is 11.4 Å². The first-order chi connectivity index (χ1) is 14.2. The van der Waals surface area contributed by atoms with Gasteiger partial charge in [-0.05, 0) is 36.4 Å². The van der Waals surface area contributed by atoms with E-state index < -0.39 is 11.5 Å². The minimum Gasteiger partial charge on any atom is -0.455 e. The Labute approximate surface area is 167 Å². The average Bonchev–Trinajstić information content (AvgIpc) is 2.76. The van der Waals surface area contributed by atoms with Crippen LogP contribution in [-0.2, 0) is 0 Å². The molecule has 0 bridgehead atoms. The molecule has 1 heterocycles. The van der Waals surface area contributed by atoms with Gasteiger partial charge in [0.05, 0.1) is 11.8 Å². The van der Waals surface area contributed by atoms with Crippen molar-refractivity contribution >= 4 is 11.6 Å². The summed E-state index contributed by atoms with van der Waals surface area (Å²) in [6.45, 7) is 0. The Morgan fingerprint density at radius 2 is 1.41 bits per heavy atom. The van der Waals surface area contributed by atoms with Gasteiger partial charge in [-0.3, -0.25) is 9.59 Å². The number of carbonyl (C=O) groups is 1. The SMILES string of the molecule is O=C(Nc1ccccc1)c1nn(-c2ccccc2)c(=O)cc1Oc1ccccc1. The summed E-state index contributed by atoms with van der Waals surface area (Å²) in [5.41, 5.74) is 0.763. The topological polar surface area (TPSA) is 73.2 Å². The van der Waals surface area contributed by atoms with Gasteiger partial charge >= 0.3 is 0 Å². The van der Waals surface area contributed by atoms with Crippen molar-refractivity contribution in [2.24, 2.45) is 0 Å². The number of hydrogen-bond donors (Lipinski definition) is 1. The molecule has 0 aliphatic rings. The summed E-state index contributed by atoms with van der Waals surface area (Å²) in [5.74, 6) is 0.105. The Hall–Kier alpha value is -4.19. The third kappa shape index (κ3) is 4.22. The summed E-state index contributed by atoms with van der Waals surface area (Å²) < 4.78 is 6.98. The van der Waals surface area contributed by atoms with Crippen LogP contribution in [0.1, 0.15) is 10.5 Å². The fraction of sp³-hybridized carbons (Fsp3) is 0. The van der Waals surface area contributed by atoms with Crippen molar-refractivity contribution in [3.05, 3.63) is 113 Å². The van der Waals surface area contributed by atoms with Gasteiger partial charge in [-0.2, -0.15) is 9.78 Å². The van der Waals surface area contributed by atoms with E-state index in [2.05, 4.69) is 10.4 Å². The lowest BCUT2D eigenvalue weighted by Gasteiger charge is -2.13. The fourth-order valence-corrected chi connectivity index (χ4v) is 2.76. The number of carbonyl (C=O) groups excluding carboxylic acids is 1. The predicted octanol–water partition coefficient (Wildman–Crippen LogP) is 4.28. The van der Waals surface area contributed by atoms with Crippen LogP contribution < -0.4 is 15.6 Å². The van der Waals surface area contributed by atoms with Crippen LogP contribution in [0.5, 0.6) is 11.5 Å². The molecule has 142 valence electrons. The second kappa shape index (κ2) is 8.22. The molecule has 4 rings (SSSR count). The van der Waals surface area contributed by atoms with Crippen molar-refractivity contribution in [3.8, 4) is 17.2 Å². The van der Waals surface area contributed by atoms with Crippen molar-refractivity contribution in [3.63, 3.8) is 0 Å². The minimum atomic E-state index is -0.480. The molecule has 0 radical (unpaired) electrons. The van der Waals surface area contributed by atoms with Gasteiger partial charge in [0.2, 0.25) is 0 Å². The zero-order valence-corrected chi connectivity index (χ0v) is 15.4. The van der Waals surface area contributed by atoms with E-state index >= 15 is 0 Å². The van der Waals surface area contributed by atoms with E-state index in [0.717, 1.165) is 0 Å². The third-order valence-electron chi connectivity index (χ3n) is 4.12. The summed E-state index contributed by atoms with van der Waals surface area (Å²) in [7, 11) is 0. The summed E-state index contributed by atoms with van der Waals surface area (Å²) in [4.78, 5) is 25.6. The summed E-state index contributed by atoms with van der Waals surface area (Å²) in [6.07, 6.45) is 0. The molecule has 6 heteroatoms. The van der Waals surface area contributed by atoms with Crippen LogP contribution in [0.15, 0.2) is 102 Å². The Morgan fingerprint density at radius 3 is 2.07 bits per heavy atom. The van der Waals surface area contributed by atoms with Crippen molar-refractivity contribution in [1.82, 2.24) is 9.78 Å². The van der Waals surface area contributed by atoms with Crippen LogP contribution in [0, 0.1) is 0 Å². The van der Waals surface area contributed by atoms with Gasteiger partial charge in [0.1, 0.15) is 5.75 Å². The Morgan fingerprint density at radius 1 is 0.828 bits per heavy atom. The quantitative estimate of drug-likeness (QED) is 0.558. The molecular formula is C23H17N3O3. The number of ether oxygens (including phenoxy) is 1. The van der Waals surface area contributed by atoms with Crippen LogP contribution in [0.2, 0.25) is 0 Å². The van der Waals surface area contributed by atoms with E-state index in [1.54, 1.807) is 60.7 Å². The molecule has 4 aromatic rings. The molecule has 0 saturated carbocycles. The Kier molecular flexibility index (Phi) is 5.16. The first kappa shape index (κ1) is 18.2. The third-order valence-corrected chi connectivity index (χ3v) is 4.12. The summed E-state index contributed by atoms with van der Waals surface area (Å²) in [5, 5.41) is 7.09. The minimum absolute atomic E-state index is 0.00107. The van der Waals surface area contributed by atoms with Crippen molar-refractivity contribution in [2.75, 3.05) is 5.32 Å². The second-order valence-corrected chi connectivity index (χ2v) is 6.18. The van der Waals surface area contributed by atoms with Crippen LogP contribution in [-0.4, -0.2) is 15.7 Å². The molecule has 0 aliphatic heterocycles. The van der Waals surface area contributed by atoms with Crippen molar-refractivity contribution in [1.29, 1.82) is 0 Å². The molecule has 0 aliphatic carbocycles. The number of benzene rings is 3. The zero-order valence-electron chi connectivity index (χ0n) is 15.4.